The molecule has 0 fully saturated rings. The summed E-state index contributed by atoms with van der Waals surface area (Å²) in [7, 11) is 1.60. The Labute approximate surface area is 173 Å². The van der Waals surface area contributed by atoms with Crippen molar-refractivity contribution in [1.82, 2.24) is 5.32 Å². The predicted molar refractivity (Wildman–Crippen MR) is 111 cm³/mol. The SMILES string of the molecule is COc1ccc([C@@H](CC(C)C)NC(=S)Nc2ccc(Cl)c(C(F)(F)F)c2)cc1. The maximum atomic E-state index is 13.0. The van der Waals surface area contributed by atoms with Gasteiger partial charge >= 0.3 is 6.18 Å². The van der Waals surface area contributed by atoms with Gasteiger partial charge in [0.15, 0.2) is 5.11 Å². The van der Waals surface area contributed by atoms with Gasteiger partial charge in [-0.1, -0.05) is 37.6 Å². The lowest BCUT2D eigenvalue weighted by molar-refractivity contribution is -0.137. The van der Waals surface area contributed by atoms with Crippen molar-refractivity contribution in [2.24, 2.45) is 5.92 Å². The molecule has 0 spiro atoms. The largest absolute Gasteiger partial charge is 0.497 e. The van der Waals surface area contributed by atoms with E-state index in [2.05, 4.69) is 24.5 Å². The highest BCUT2D eigenvalue weighted by Crippen LogP contribution is 2.36. The Balaban J connectivity index is 2.15. The number of hydrogen-bond donors (Lipinski definition) is 2. The normalized spacial score (nSPS) is 12.6. The maximum Gasteiger partial charge on any atom is 0.417 e. The third kappa shape index (κ3) is 6.27. The second-order valence-corrected chi connectivity index (χ2v) is 7.56. The number of halogens is 4. The Kier molecular flexibility index (Phi) is 7.55. The summed E-state index contributed by atoms with van der Waals surface area (Å²) in [6.45, 7) is 4.17. The van der Waals surface area contributed by atoms with E-state index in [1.807, 2.05) is 24.3 Å². The van der Waals surface area contributed by atoms with Crippen molar-refractivity contribution < 1.29 is 17.9 Å². The van der Waals surface area contributed by atoms with Crippen LogP contribution in [0.4, 0.5) is 18.9 Å². The lowest BCUT2D eigenvalue weighted by atomic mass is 9.97. The van der Waals surface area contributed by atoms with Gasteiger partial charge in [0, 0.05) is 5.69 Å². The van der Waals surface area contributed by atoms with E-state index in [-0.39, 0.29) is 21.9 Å². The van der Waals surface area contributed by atoms with E-state index >= 15 is 0 Å². The first-order chi connectivity index (χ1) is 13.1. The summed E-state index contributed by atoms with van der Waals surface area (Å²) in [5, 5.41) is 5.88. The van der Waals surface area contributed by atoms with Gasteiger partial charge in [-0.3, -0.25) is 0 Å². The molecule has 0 aliphatic carbocycles. The Morgan fingerprint density at radius 3 is 2.32 bits per heavy atom. The van der Waals surface area contributed by atoms with Crippen molar-refractivity contribution in [3.63, 3.8) is 0 Å². The molecule has 152 valence electrons. The Bertz CT molecular complexity index is 810. The zero-order chi connectivity index (χ0) is 20.9. The highest BCUT2D eigenvalue weighted by atomic mass is 35.5. The second-order valence-electron chi connectivity index (χ2n) is 6.75. The van der Waals surface area contributed by atoms with Gasteiger partial charge in [0.1, 0.15) is 5.75 Å². The van der Waals surface area contributed by atoms with Crippen LogP contribution in [0.2, 0.25) is 5.02 Å². The molecule has 2 rings (SSSR count). The molecule has 2 N–H and O–H groups in total. The van der Waals surface area contributed by atoms with E-state index in [1.165, 1.54) is 12.1 Å². The third-order valence-corrected chi connectivity index (χ3v) is 4.61. The second kappa shape index (κ2) is 9.47. The number of hydrogen-bond acceptors (Lipinski definition) is 2. The first-order valence-corrected chi connectivity index (χ1v) is 9.47. The van der Waals surface area contributed by atoms with Crippen LogP contribution in [0.1, 0.15) is 37.4 Å². The van der Waals surface area contributed by atoms with E-state index in [9.17, 15) is 13.2 Å². The fraction of sp³-hybridized carbons (Fsp3) is 0.350. The van der Waals surface area contributed by atoms with Gasteiger partial charge in [-0.05, 0) is 60.5 Å². The molecule has 0 radical (unpaired) electrons. The van der Waals surface area contributed by atoms with E-state index in [0.29, 0.717) is 5.92 Å². The molecule has 0 bridgehead atoms. The smallest absolute Gasteiger partial charge is 0.417 e. The Hall–Kier alpha value is -1.99. The van der Waals surface area contributed by atoms with Crippen molar-refractivity contribution in [3.05, 3.63) is 58.6 Å². The Morgan fingerprint density at radius 2 is 1.79 bits per heavy atom. The summed E-state index contributed by atoms with van der Waals surface area (Å²) < 4.78 is 44.3. The van der Waals surface area contributed by atoms with Gasteiger partial charge in [0.25, 0.3) is 0 Å². The maximum absolute atomic E-state index is 13.0. The van der Waals surface area contributed by atoms with Crippen LogP contribution in [-0.4, -0.2) is 12.2 Å². The zero-order valence-electron chi connectivity index (χ0n) is 15.7. The summed E-state index contributed by atoms with van der Waals surface area (Å²) in [6, 6.07) is 11.1. The summed E-state index contributed by atoms with van der Waals surface area (Å²) >= 11 is 11.0. The minimum atomic E-state index is -4.53. The van der Waals surface area contributed by atoms with Gasteiger partial charge in [-0.25, -0.2) is 0 Å². The van der Waals surface area contributed by atoms with Gasteiger partial charge < -0.3 is 15.4 Å². The molecule has 0 unspecified atom stereocenters. The van der Waals surface area contributed by atoms with Crippen molar-refractivity contribution in [1.29, 1.82) is 0 Å². The molecular formula is C20H22ClF3N2OS. The molecule has 0 heterocycles. The standard InChI is InChI=1S/C20H22ClF3N2OS/c1-12(2)10-18(13-4-7-15(27-3)8-5-13)26-19(28)25-14-6-9-17(21)16(11-14)20(22,23)24/h4-9,11-12,18H,10H2,1-3H3,(H2,25,26,28)/t18-/m1/s1. The lowest BCUT2D eigenvalue weighted by Gasteiger charge is -2.23. The molecule has 0 aromatic heterocycles. The number of rotatable bonds is 6. The molecule has 0 aliphatic rings. The molecule has 2 aromatic rings. The van der Waals surface area contributed by atoms with Crippen LogP contribution in [0.15, 0.2) is 42.5 Å². The van der Waals surface area contributed by atoms with Gasteiger partial charge in [-0.2, -0.15) is 13.2 Å². The summed E-state index contributed by atoms with van der Waals surface area (Å²) in [5.74, 6) is 1.13. The first-order valence-electron chi connectivity index (χ1n) is 8.68. The fourth-order valence-corrected chi connectivity index (χ4v) is 3.22. The van der Waals surface area contributed by atoms with Crippen molar-refractivity contribution in [3.8, 4) is 5.75 Å². The van der Waals surface area contributed by atoms with E-state index in [4.69, 9.17) is 28.6 Å². The number of nitrogens with one attached hydrogen (secondary N) is 2. The van der Waals surface area contributed by atoms with Gasteiger partial charge in [-0.15, -0.1) is 0 Å². The minimum absolute atomic E-state index is 0.0970. The molecule has 0 aliphatic heterocycles. The predicted octanol–water partition coefficient (Wildman–Crippen LogP) is 6.44. The molecule has 0 amide bonds. The highest BCUT2D eigenvalue weighted by Gasteiger charge is 2.33. The number of benzene rings is 2. The number of ether oxygens (including phenoxy) is 1. The third-order valence-electron chi connectivity index (χ3n) is 4.06. The number of anilines is 1. The molecule has 0 saturated heterocycles. The molecule has 2 aromatic carbocycles. The lowest BCUT2D eigenvalue weighted by Crippen LogP contribution is -2.33. The van der Waals surface area contributed by atoms with Crippen LogP contribution in [-0.2, 0) is 6.18 Å². The highest BCUT2D eigenvalue weighted by molar-refractivity contribution is 7.80. The molecule has 8 heteroatoms. The van der Waals surface area contributed by atoms with Crippen LogP contribution >= 0.6 is 23.8 Å². The fourth-order valence-electron chi connectivity index (χ4n) is 2.73. The van der Waals surface area contributed by atoms with Crippen LogP contribution in [0.5, 0.6) is 5.75 Å². The first kappa shape index (κ1) is 22.3. The van der Waals surface area contributed by atoms with Crippen molar-refractivity contribution in [2.75, 3.05) is 12.4 Å². The van der Waals surface area contributed by atoms with Crippen molar-refractivity contribution >= 4 is 34.6 Å². The molecule has 28 heavy (non-hydrogen) atoms. The van der Waals surface area contributed by atoms with E-state index in [1.54, 1.807) is 7.11 Å². The monoisotopic (exact) mass is 430 g/mol. The zero-order valence-corrected chi connectivity index (χ0v) is 17.3. The van der Waals surface area contributed by atoms with Crippen LogP contribution < -0.4 is 15.4 Å². The van der Waals surface area contributed by atoms with Gasteiger partial charge in [0.2, 0.25) is 0 Å². The average molecular weight is 431 g/mol. The summed E-state index contributed by atoms with van der Waals surface area (Å²) in [4.78, 5) is 0. The quantitative estimate of drug-likeness (QED) is 0.516. The topological polar surface area (TPSA) is 33.3 Å². The van der Waals surface area contributed by atoms with Crippen molar-refractivity contribution in [2.45, 2.75) is 32.5 Å². The Morgan fingerprint density at radius 1 is 1.14 bits per heavy atom. The van der Waals surface area contributed by atoms with Crippen LogP contribution in [0.3, 0.4) is 0 Å². The molecule has 1 atom stereocenters. The van der Waals surface area contributed by atoms with Crippen LogP contribution in [0, 0.1) is 5.92 Å². The summed E-state index contributed by atoms with van der Waals surface area (Å²) in [6.07, 6.45) is -3.74. The van der Waals surface area contributed by atoms with E-state index in [0.717, 1.165) is 23.8 Å². The van der Waals surface area contributed by atoms with Crippen LogP contribution in [0.25, 0.3) is 0 Å². The summed E-state index contributed by atoms with van der Waals surface area (Å²) in [5.41, 5.74) is 0.314. The number of methoxy groups -OCH3 is 1. The number of alkyl halides is 3. The minimum Gasteiger partial charge on any atom is -0.497 e. The number of thiocarbonyl (C=S) groups is 1. The van der Waals surface area contributed by atoms with E-state index < -0.39 is 11.7 Å². The van der Waals surface area contributed by atoms with Gasteiger partial charge in [0.05, 0.1) is 23.7 Å². The average Bonchev–Trinajstić information content (AvgIpc) is 2.61. The molecule has 0 saturated carbocycles. The molecule has 3 nitrogen and oxygen atoms in total. The molecular weight excluding hydrogens is 409 g/mol.